The maximum absolute atomic E-state index is 12.8. The number of hydrogen-bond acceptors (Lipinski definition) is 3. The third-order valence-corrected chi connectivity index (χ3v) is 4.53. The normalized spacial score (nSPS) is 13.2. The number of carbonyl (C=O) groups excluding carboxylic acids is 1. The van der Waals surface area contributed by atoms with Crippen molar-refractivity contribution < 1.29 is 9.53 Å². The van der Waals surface area contributed by atoms with Gasteiger partial charge in [-0.1, -0.05) is 35.9 Å². The van der Waals surface area contributed by atoms with Crippen molar-refractivity contribution >= 4 is 17.3 Å². The summed E-state index contributed by atoms with van der Waals surface area (Å²) in [7, 11) is 0. The first-order valence-electron chi connectivity index (χ1n) is 8.69. The Morgan fingerprint density at radius 2 is 1.96 bits per heavy atom. The van der Waals surface area contributed by atoms with E-state index < -0.39 is 0 Å². The quantitative estimate of drug-likeness (QED) is 0.663. The molecule has 0 N–H and O–H groups in total. The van der Waals surface area contributed by atoms with Gasteiger partial charge in [0.05, 0.1) is 13.1 Å². The second-order valence-corrected chi connectivity index (χ2v) is 6.45. The molecule has 6 heteroatoms. The van der Waals surface area contributed by atoms with Crippen molar-refractivity contribution in [2.45, 2.75) is 20.1 Å². The fourth-order valence-electron chi connectivity index (χ4n) is 3.08. The highest BCUT2D eigenvalue weighted by molar-refractivity contribution is 6.05. The summed E-state index contributed by atoms with van der Waals surface area (Å²) in [5.74, 6) is 0.333. The standard InChI is InChI=1S/C21H18N4O2/c1-15-6-8-18(9-7-15)24-10-11-25-19(21(24)26)13-20(23-25)27-14-16-4-3-5-17(12-16)22-2/h3-9,12-13H,10-11,14H2,1H3. The number of carbonyl (C=O) groups is 1. The molecule has 27 heavy (non-hydrogen) atoms. The summed E-state index contributed by atoms with van der Waals surface area (Å²) in [6, 6.07) is 16.9. The van der Waals surface area contributed by atoms with Crippen LogP contribution < -0.4 is 9.64 Å². The molecule has 6 nitrogen and oxygen atoms in total. The van der Waals surface area contributed by atoms with Crippen LogP contribution in [-0.4, -0.2) is 22.2 Å². The van der Waals surface area contributed by atoms with Gasteiger partial charge in [-0.15, -0.1) is 5.10 Å². The van der Waals surface area contributed by atoms with E-state index in [1.54, 1.807) is 27.8 Å². The van der Waals surface area contributed by atoms with Gasteiger partial charge in [0.1, 0.15) is 12.3 Å². The van der Waals surface area contributed by atoms with Crippen molar-refractivity contribution in [3.63, 3.8) is 0 Å². The first-order chi connectivity index (χ1) is 13.1. The van der Waals surface area contributed by atoms with E-state index in [4.69, 9.17) is 11.3 Å². The lowest BCUT2D eigenvalue weighted by molar-refractivity contribution is 0.0962. The van der Waals surface area contributed by atoms with Crippen LogP contribution in [-0.2, 0) is 13.2 Å². The highest BCUT2D eigenvalue weighted by Gasteiger charge is 2.27. The van der Waals surface area contributed by atoms with Crippen LogP contribution in [0.1, 0.15) is 21.6 Å². The van der Waals surface area contributed by atoms with Crippen molar-refractivity contribution in [1.82, 2.24) is 9.78 Å². The molecular weight excluding hydrogens is 340 g/mol. The minimum Gasteiger partial charge on any atom is -0.472 e. The predicted octanol–water partition coefficient (Wildman–Crippen LogP) is 3.98. The Morgan fingerprint density at radius 3 is 2.74 bits per heavy atom. The molecule has 0 fully saturated rings. The first kappa shape index (κ1) is 16.9. The topological polar surface area (TPSA) is 51.7 Å². The number of fused-ring (bicyclic) bond motifs is 1. The Morgan fingerprint density at radius 1 is 1.15 bits per heavy atom. The molecule has 0 spiro atoms. The molecule has 1 aliphatic heterocycles. The number of aryl methyl sites for hydroxylation is 1. The number of ether oxygens (including phenoxy) is 1. The lowest BCUT2D eigenvalue weighted by Gasteiger charge is -2.27. The molecule has 1 aliphatic rings. The van der Waals surface area contributed by atoms with Gasteiger partial charge in [0.15, 0.2) is 5.69 Å². The van der Waals surface area contributed by atoms with Crippen molar-refractivity contribution in [2.24, 2.45) is 0 Å². The summed E-state index contributed by atoms with van der Waals surface area (Å²) in [6.45, 7) is 10.6. The largest absolute Gasteiger partial charge is 0.472 e. The van der Waals surface area contributed by atoms with Gasteiger partial charge in [-0.2, -0.15) is 0 Å². The van der Waals surface area contributed by atoms with Gasteiger partial charge in [-0.05, 0) is 30.7 Å². The zero-order chi connectivity index (χ0) is 18.8. The molecule has 1 amide bonds. The molecule has 0 atom stereocenters. The third-order valence-electron chi connectivity index (χ3n) is 4.53. The van der Waals surface area contributed by atoms with E-state index in [9.17, 15) is 4.79 Å². The smallest absolute Gasteiger partial charge is 0.276 e. The molecule has 1 aromatic heterocycles. The van der Waals surface area contributed by atoms with E-state index >= 15 is 0 Å². The van der Waals surface area contributed by atoms with E-state index in [0.29, 0.717) is 37.0 Å². The molecule has 0 saturated carbocycles. The zero-order valence-electron chi connectivity index (χ0n) is 14.9. The lowest BCUT2D eigenvalue weighted by atomic mass is 10.2. The average Bonchev–Trinajstić information content (AvgIpc) is 3.12. The van der Waals surface area contributed by atoms with E-state index in [-0.39, 0.29) is 5.91 Å². The monoisotopic (exact) mass is 358 g/mol. The summed E-state index contributed by atoms with van der Waals surface area (Å²) in [5.41, 5.74) is 4.03. The second-order valence-electron chi connectivity index (χ2n) is 6.45. The predicted molar refractivity (Wildman–Crippen MR) is 102 cm³/mol. The van der Waals surface area contributed by atoms with E-state index in [2.05, 4.69) is 9.94 Å². The molecule has 4 rings (SSSR count). The second kappa shape index (κ2) is 6.96. The van der Waals surface area contributed by atoms with Gasteiger partial charge in [0, 0.05) is 18.3 Å². The van der Waals surface area contributed by atoms with E-state index in [0.717, 1.165) is 16.8 Å². The first-order valence-corrected chi connectivity index (χ1v) is 8.69. The number of anilines is 1. The molecule has 0 unspecified atom stereocenters. The minimum absolute atomic E-state index is 0.0811. The fourth-order valence-corrected chi connectivity index (χ4v) is 3.08. The molecule has 0 radical (unpaired) electrons. The van der Waals surface area contributed by atoms with Gasteiger partial charge in [0.25, 0.3) is 5.91 Å². The number of amides is 1. The van der Waals surface area contributed by atoms with E-state index in [1.807, 2.05) is 43.3 Å². The summed E-state index contributed by atoms with van der Waals surface area (Å²) in [4.78, 5) is 18.0. The summed E-state index contributed by atoms with van der Waals surface area (Å²) < 4.78 is 7.44. The number of rotatable bonds is 4. The maximum atomic E-state index is 12.8. The van der Waals surface area contributed by atoms with Crippen LogP contribution in [0.2, 0.25) is 0 Å². The highest BCUT2D eigenvalue weighted by atomic mass is 16.5. The van der Waals surface area contributed by atoms with Gasteiger partial charge in [-0.3, -0.25) is 9.48 Å². The Bertz CT molecular complexity index is 1030. The number of nitrogens with zero attached hydrogens (tertiary/aromatic N) is 4. The van der Waals surface area contributed by atoms with Crippen LogP contribution in [0.15, 0.2) is 54.6 Å². The molecule has 0 aliphatic carbocycles. The van der Waals surface area contributed by atoms with Crippen molar-refractivity contribution in [1.29, 1.82) is 0 Å². The van der Waals surface area contributed by atoms with Gasteiger partial charge in [-0.25, -0.2) is 4.85 Å². The number of aromatic nitrogens is 2. The highest BCUT2D eigenvalue weighted by Crippen LogP contribution is 2.24. The number of hydrogen-bond donors (Lipinski definition) is 0. The van der Waals surface area contributed by atoms with Crippen LogP contribution in [0.5, 0.6) is 5.88 Å². The van der Waals surface area contributed by atoms with Crippen molar-refractivity contribution in [3.05, 3.63) is 82.8 Å². The van der Waals surface area contributed by atoms with Crippen LogP contribution >= 0.6 is 0 Å². The minimum atomic E-state index is -0.0811. The fraction of sp³-hybridized carbons (Fsp3) is 0.190. The molecule has 3 aromatic rings. The van der Waals surface area contributed by atoms with Gasteiger partial charge >= 0.3 is 0 Å². The molecule has 0 saturated heterocycles. The Hall–Kier alpha value is -3.59. The number of benzene rings is 2. The van der Waals surface area contributed by atoms with Crippen molar-refractivity contribution in [2.75, 3.05) is 11.4 Å². The summed E-state index contributed by atoms with van der Waals surface area (Å²) in [5, 5.41) is 4.39. The van der Waals surface area contributed by atoms with Gasteiger partial charge in [0.2, 0.25) is 5.88 Å². The SMILES string of the molecule is [C-]#[N+]c1cccc(COc2cc3n(n2)CCN(c2ccc(C)cc2)C3=O)c1. The maximum Gasteiger partial charge on any atom is 0.276 e. The Labute approximate surface area is 157 Å². The molecular formula is C21H18N4O2. The Kier molecular flexibility index (Phi) is 4.35. The van der Waals surface area contributed by atoms with Crippen LogP contribution in [0.25, 0.3) is 4.85 Å². The van der Waals surface area contributed by atoms with Crippen molar-refractivity contribution in [3.8, 4) is 5.88 Å². The Balaban J connectivity index is 1.50. The summed E-state index contributed by atoms with van der Waals surface area (Å²) in [6.07, 6.45) is 0. The van der Waals surface area contributed by atoms with Crippen LogP contribution in [0.4, 0.5) is 11.4 Å². The van der Waals surface area contributed by atoms with Crippen LogP contribution in [0, 0.1) is 13.5 Å². The third kappa shape index (κ3) is 3.40. The molecule has 2 heterocycles. The van der Waals surface area contributed by atoms with E-state index in [1.165, 1.54) is 0 Å². The molecule has 0 bridgehead atoms. The van der Waals surface area contributed by atoms with Gasteiger partial charge < -0.3 is 9.64 Å². The van der Waals surface area contributed by atoms with Crippen LogP contribution in [0.3, 0.4) is 0 Å². The molecule has 134 valence electrons. The average molecular weight is 358 g/mol. The molecule has 2 aromatic carbocycles. The lowest BCUT2D eigenvalue weighted by Crippen LogP contribution is -2.40. The summed E-state index contributed by atoms with van der Waals surface area (Å²) >= 11 is 0. The zero-order valence-corrected chi connectivity index (χ0v) is 14.9.